The fraction of sp³-hybridized carbons (Fsp3) is 0.586. The molecule has 4 rings (SSSR count). The van der Waals surface area contributed by atoms with Crippen LogP contribution in [-0.4, -0.2) is 66.9 Å². The van der Waals surface area contributed by atoms with Gasteiger partial charge >= 0.3 is 6.09 Å². The number of ether oxygens (including phenoxy) is 1. The van der Waals surface area contributed by atoms with Crippen LogP contribution in [0, 0.1) is 5.92 Å². The molecule has 42 heavy (non-hydrogen) atoms. The van der Waals surface area contributed by atoms with E-state index in [9.17, 15) is 27.6 Å². The van der Waals surface area contributed by atoms with E-state index in [1.807, 2.05) is 12.2 Å². The van der Waals surface area contributed by atoms with Gasteiger partial charge < -0.3 is 20.3 Å². The van der Waals surface area contributed by atoms with Crippen molar-refractivity contribution in [1.82, 2.24) is 20.3 Å². The summed E-state index contributed by atoms with van der Waals surface area (Å²) in [6, 6.07) is 4.14. The number of carbonyl (C=O) groups excluding carboxylic acids is 4. The number of alkyl carbamates (subject to hydrolysis) is 1. The molecule has 2 fully saturated rings. The maximum absolute atomic E-state index is 13.7. The van der Waals surface area contributed by atoms with E-state index in [4.69, 9.17) is 4.74 Å². The average Bonchev–Trinajstić information content (AvgIpc) is 3.35. The molecule has 0 bridgehead atoms. The molecule has 1 aliphatic carbocycles. The molecule has 11 nitrogen and oxygen atoms in total. The van der Waals surface area contributed by atoms with Crippen molar-refractivity contribution < 1.29 is 32.3 Å². The lowest BCUT2D eigenvalue weighted by Crippen LogP contribution is -2.58. The van der Waals surface area contributed by atoms with E-state index in [0.29, 0.717) is 43.1 Å². The number of sulfonamides is 1. The van der Waals surface area contributed by atoms with Crippen LogP contribution in [0.2, 0.25) is 0 Å². The molecule has 4 atom stereocenters. The lowest BCUT2D eigenvalue weighted by atomic mass is 10.0. The normalized spacial score (nSPS) is 27.8. The molecule has 2 aliphatic heterocycles. The zero-order chi connectivity index (χ0) is 30.7. The lowest BCUT2D eigenvalue weighted by molar-refractivity contribution is -0.141. The van der Waals surface area contributed by atoms with E-state index in [1.165, 1.54) is 17.0 Å². The van der Waals surface area contributed by atoms with E-state index in [-0.39, 0.29) is 23.1 Å². The molecule has 2 heterocycles. The van der Waals surface area contributed by atoms with Gasteiger partial charge in [-0.05, 0) is 83.6 Å². The molecule has 0 aromatic heterocycles. The van der Waals surface area contributed by atoms with Crippen molar-refractivity contribution in [3.8, 4) is 0 Å². The van der Waals surface area contributed by atoms with Crippen LogP contribution in [0.5, 0.6) is 0 Å². The minimum atomic E-state index is -4.19. The molecule has 230 valence electrons. The number of amides is 4. The standard InChI is InChI=1S/C29H39BrN4O7S/c1-28(2,3)41-27(38)31-22-11-8-6-4-5-7-10-19-18-29(19,32-24(35)23-12-9-17-34(23)25(22)36)26(37)33-42(39,40)21-15-13-20(30)14-16-21/h7,10,13-16,19,22-23H,4-6,8-9,11-12,17-18H2,1-3H3,(H,31,38)(H,32,35)(H,33,37)/b10-7-/t19-,22-,23-,29+/m0/s1. The van der Waals surface area contributed by atoms with Crippen LogP contribution in [0.25, 0.3) is 0 Å². The Labute approximate surface area is 255 Å². The van der Waals surface area contributed by atoms with Gasteiger partial charge in [0.05, 0.1) is 4.90 Å². The average molecular weight is 668 g/mol. The van der Waals surface area contributed by atoms with Crippen LogP contribution in [0.15, 0.2) is 45.8 Å². The Morgan fingerprint density at radius 2 is 1.79 bits per heavy atom. The number of rotatable bonds is 4. The molecule has 1 aromatic rings. The first-order valence-electron chi connectivity index (χ1n) is 14.3. The summed E-state index contributed by atoms with van der Waals surface area (Å²) in [5.74, 6) is -2.12. The smallest absolute Gasteiger partial charge is 0.408 e. The summed E-state index contributed by atoms with van der Waals surface area (Å²) >= 11 is 3.27. The van der Waals surface area contributed by atoms with Crippen LogP contribution >= 0.6 is 15.9 Å². The summed E-state index contributed by atoms with van der Waals surface area (Å²) in [4.78, 5) is 54.8. The summed E-state index contributed by atoms with van der Waals surface area (Å²) in [7, 11) is -4.19. The Bertz CT molecular complexity index is 1340. The van der Waals surface area contributed by atoms with E-state index >= 15 is 0 Å². The van der Waals surface area contributed by atoms with Crippen LogP contribution < -0.4 is 15.4 Å². The highest BCUT2D eigenvalue weighted by Gasteiger charge is 2.61. The first-order chi connectivity index (χ1) is 19.7. The number of halogens is 1. The summed E-state index contributed by atoms with van der Waals surface area (Å²) < 4.78 is 34.2. The quantitative estimate of drug-likeness (QED) is 0.416. The Kier molecular flexibility index (Phi) is 9.71. The highest BCUT2D eigenvalue weighted by molar-refractivity contribution is 9.10. The molecule has 3 aliphatic rings. The zero-order valence-corrected chi connectivity index (χ0v) is 26.6. The number of nitrogens with zero attached hydrogens (tertiary/aromatic N) is 1. The monoisotopic (exact) mass is 666 g/mol. The SMILES string of the molecule is CC(C)(C)OC(=O)N[C@H]1CCCCC/C=C\[C@H]2C[C@@]2(C(=O)NS(=O)(=O)c2ccc(Br)cc2)NC(=O)[C@@H]2CCCN2C1=O. The largest absolute Gasteiger partial charge is 0.444 e. The number of hydrogen-bond acceptors (Lipinski definition) is 7. The van der Waals surface area contributed by atoms with Crippen molar-refractivity contribution in [2.75, 3.05) is 6.54 Å². The third-order valence-corrected chi connectivity index (χ3v) is 9.55. The predicted octanol–water partition coefficient (Wildman–Crippen LogP) is 3.53. The number of carbonyl (C=O) groups is 4. The fourth-order valence-corrected chi connectivity index (χ4v) is 6.73. The van der Waals surface area contributed by atoms with Crippen molar-refractivity contribution in [2.45, 2.75) is 100 Å². The van der Waals surface area contributed by atoms with Gasteiger partial charge in [0.15, 0.2) is 0 Å². The number of fused-ring (bicyclic) bond motifs is 2. The Morgan fingerprint density at radius 1 is 1.07 bits per heavy atom. The maximum Gasteiger partial charge on any atom is 0.408 e. The second kappa shape index (κ2) is 12.7. The van der Waals surface area contributed by atoms with Crippen molar-refractivity contribution in [3.05, 3.63) is 40.9 Å². The van der Waals surface area contributed by atoms with Crippen LogP contribution in [0.3, 0.4) is 0 Å². The highest BCUT2D eigenvalue weighted by Crippen LogP contribution is 2.45. The summed E-state index contributed by atoms with van der Waals surface area (Å²) in [6.07, 6.45) is 7.73. The van der Waals surface area contributed by atoms with E-state index in [0.717, 1.165) is 12.8 Å². The first-order valence-corrected chi connectivity index (χ1v) is 16.6. The topological polar surface area (TPSA) is 151 Å². The molecule has 0 unspecified atom stereocenters. The van der Waals surface area contributed by atoms with Crippen molar-refractivity contribution >= 4 is 49.8 Å². The second-order valence-corrected chi connectivity index (χ2v) is 14.7. The second-order valence-electron chi connectivity index (χ2n) is 12.1. The van der Waals surface area contributed by atoms with Gasteiger partial charge in [0.2, 0.25) is 11.8 Å². The molecule has 1 saturated heterocycles. The molecule has 1 aromatic carbocycles. The van der Waals surface area contributed by atoms with Gasteiger partial charge in [-0.2, -0.15) is 0 Å². The van der Waals surface area contributed by atoms with E-state index in [1.54, 1.807) is 32.9 Å². The van der Waals surface area contributed by atoms with Gasteiger partial charge in [-0.3, -0.25) is 14.4 Å². The van der Waals surface area contributed by atoms with Crippen LogP contribution in [-0.2, 0) is 29.1 Å². The fourth-order valence-electron chi connectivity index (χ4n) is 5.43. The van der Waals surface area contributed by atoms with Gasteiger partial charge in [-0.25, -0.2) is 17.9 Å². The van der Waals surface area contributed by atoms with E-state index < -0.39 is 51.2 Å². The van der Waals surface area contributed by atoms with Gasteiger partial charge in [0, 0.05) is 16.9 Å². The Hall–Kier alpha value is -2.93. The first kappa shape index (κ1) is 32.0. The minimum Gasteiger partial charge on any atom is -0.444 e. The van der Waals surface area contributed by atoms with E-state index in [2.05, 4.69) is 31.3 Å². The predicted molar refractivity (Wildman–Crippen MR) is 159 cm³/mol. The summed E-state index contributed by atoms with van der Waals surface area (Å²) in [5.41, 5.74) is -2.20. The van der Waals surface area contributed by atoms with Crippen LogP contribution in [0.1, 0.15) is 72.1 Å². The molecule has 0 spiro atoms. The summed E-state index contributed by atoms with van der Waals surface area (Å²) in [5, 5.41) is 5.52. The number of benzene rings is 1. The van der Waals surface area contributed by atoms with Gasteiger partial charge in [-0.15, -0.1) is 0 Å². The van der Waals surface area contributed by atoms with Gasteiger partial charge in [-0.1, -0.05) is 40.9 Å². The minimum absolute atomic E-state index is 0.0808. The summed E-state index contributed by atoms with van der Waals surface area (Å²) in [6.45, 7) is 5.53. The zero-order valence-electron chi connectivity index (χ0n) is 24.2. The third kappa shape index (κ3) is 7.71. The van der Waals surface area contributed by atoms with Crippen molar-refractivity contribution in [3.63, 3.8) is 0 Å². The Morgan fingerprint density at radius 3 is 2.48 bits per heavy atom. The maximum atomic E-state index is 13.7. The molecule has 4 amide bonds. The number of hydrogen-bond donors (Lipinski definition) is 3. The lowest BCUT2D eigenvalue weighted by Gasteiger charge is -2.30. The molecule has 0 radical (unpaired) electrons. The third-order valence-electron chi connectivity index (χ3n) is 7.68. The van der Waals surface area contributed by atoms with Crippen molar-refractivity contribution in [2.24, 2.45) is 5.92 Å². The molecular formula is C29H39BrN4O7S. The number of allylic oxidation sites excluding steroid dienone is 1. The van der Waals surface area contributed by atoms with Crippen molar-refractivity contribution in [1.29, 1.82) is 0 Å². The highest BCUT2D eigenvalue weighted by atomic mass is 79.9. The Balaban J connectivity index is 1.56. The molecule has 13 heteroatoms. The van der Waals surface area contributed by atoms with Gasteiger partial charge in [0.25, 0.3) is 15.9 Å². The van der Waals surface area contributed by atoms with Crippen LogP contribution in [0.4, 0.5) is 4.79 Å². The molecule has 3 N–H and O–H groups in total. The molecular weight excluding hydrogens is 628 g/mol. The molecule has 1 saturated carbocycles. The number of nitrogens with one attached hydrogen (secondary N) is 3. The van der Waals surface area contributed by atoms with Gasteiger partial charge in [0.1, 0.15) is 23.2 Å².